The molecule has 0 bridgehead atoms. The summed E-state index contributed by atoms with van der Waals surface area (Å²) in [5, 5.41) is 22.0. The van der Waals surface area contributed by atoms with E-state index in [1.807, 2.05) is 0 Å². The largest absolute Gasteiger partial charge is 0.394 e. The number of thiol groups is 1. The SMILES string of the molecule is CCP(=O)(S)OCCOCCOCCOCCOCCC(=O)NC(CCC(=O)NC(CCC(=O)NCCOCCO)C(=O)NCCOCCON)C(=O)NCCOCCON. The molecule has 5 amide bonds. The van der Waals surface area contributed by atoms with Crippen LogP contribution in [-0.4, -0.2) is 191 Å². The molecule has 26 heteroatoms. The van der Waals surface area contributed by atoms with Gasteiger partial charge in [-0.3, -0.25) is 28.5 Å². The number of carbonyl (C=O) groups excluding carboxylic acids is 5. The van der Waals surface area contributed by atoms with Crippen LogP contribution in [0.25, 0.3) is 0 Å². The number of amides is 5. The molecule has 0 fully saturated rings. The standard InChI is InChI=1S/C35H70N7O17PS/c1-2-60(49,61)59-28-25-56-22-21-55-20-19-54-18-17-50-12-7-33(46)42-30(35(48)40-10-15-53-24-27-58-37)4-6-32(45)41-29(34(47)39-9-14-52-23-26-57-36)3-5-31(44)38-8-13-51-16-11-43/h29-30,43H,2-28,36-37H2,1H3,(H,38,44)(H,39,47)(H,40,48)(H,41,45)(H,42,46)(H,49,61). The highest BCUT2D eigenvalue weighted by Gasteiger charge is 2.25. The van der Waals surface area contributed by atoms with Gasteiger partial charge in [0.25, 0.3) is 6.57 Å². The molecule has 10 N–H and O–H groups in total. The smallest absolute Gasteiger partial charge is 0.254 e. The van der Waals surface area contributed by atoms with E-state index in [1.165, 1.54) is 0 Å². The molecular formula is C35H70N7O17PS. The Kier molecular flexibility index (Phi) is 39.7. The number of rotatable bonds is 44. The fraction of sp³-hybridized carbons (Fsp3) is 0.857. The molecule has 0 aromatic rings. The van der Waals surface area contributed by atoms with Crippen LogP contribution in [0.4, 0.5) is 0 Å². The normalized spacial score (nSPS) is 13.2. The molecule has 3 atom stereocenters. The van der Waals surface area contributed by atoms with Crippen molar-refractivity contribution in [1.29, 1.82) is 0 Å². The second-order valence-electron chi connectivity index (χ2n) is 12.5. The summed E-state index contributed by atoms with van der Waals surface area (Å²) in [6.07, 6.45) is -0.289. The number of hydrogen-bond donors (Lipinski definition) is 9. The first-order valence-electron chi connectivity index (χ1n) is 20.1. The van der Waals surface area contributed by atoms with Crippen LogP contribution < -0.4 is 38.4 Å². The fourth-order valence-corrected chi connectivity index (χ4v) is 5.34. The van der Waals surface area contributed by atoms with Crippen molar-refractivity contribution in [3.05, 3.63) is 0 Å². The number of aliphatic hydroxyl groups is 1. The van der Waals surface area contributed by atoms with Crippen LogP contribution in [0.3, 0.4) is 0 Å². The van der Waals surface area contributed by atoms with Crippen molar-refractivity contribution >= 4 is 48.4 Å². The van der Waals surface area contributed by atoms with Crippen molar-refractivity contribution in [3.8, 4) is 0 Å². The molecule has 0 aliphatic carbocycles. The monoisotopic (exact) mass is 923 g/mol. The van der Waals surface area contributed by atoms with Gasteiger partial charge in [-0.05, 0) is 12.8 Å². The average Bonchev–Trinajstić information content (AvgIpc) is 3.24. The molecular weight excluding hydrogens is 853 g/mol. The molecule has 0 spiro atoms. The summed E-state index contributed by atoms with van der Waals surface area (Å²) in [5.74, 6) is 7.32. The van der Waals surface area contributed by atoms with Gasteiger partial charge in [-0.15, -0.1) is 0 Å². The lowest BCUT2D eigenvalue weighted by atomic mass is 10.1. The summed E-state index contributed by atoms with van der Waals surface area (Å²) in [7, 11) is 0. The summed E-state index contributed by atoms with van der Waals surface area (Å²) in [6, 6.07) is -2.23. The Labute approximate surface area is 363 Å². The minimum atomic E-state index is -2.83. The summed E-state index contributed by atoms with van der Waals surface area (Å²) in [6.45, 7) is 2.71. The third kappa shape index (κ3) is 37.7. The predicted molar refractivity (Wildman–Crippen MR) is 222 cm³/mol. The second kappa shape index (κ2) is 41.4. The molecule has 0 aliphatic rings. The van der Waals surface area contributed by atoms with Crippen molar-refractivity contribution < 1.29 is 81.0 Å². The van der Waals surface area contributed by atoms with Crippen LogP contribution >= 0.6 is 18.8 Å². The highest BCUT2D eigenvalue weighted by molar-refractivity contribution is 8.46. The van der Waals surface area contributed by atoms with Gasteiger partial charge in [0.1, 0.15) is 12.1 Å². The zero-order valence-corrected chi connectivity index (χ0v) is 37.1. The van der Waals surface area contributed by atoms with Crippen molar-refractivity contribution in [3.63, 3.8) is 0 Å². The van der Waals surface area contributed by atoms with Crippen molar-refractivity contribution in [2.75, 3.05) is 145 Å². The van der Waals surface area contributed by atoms with Crippen molar-refractivity contribution in [1.82, 2.24) is 26.6 Å². The van der Waals surface area contributed by atoms with Crippen LogP contribution in [-0.2, 0) is 75.9 Å². The quantitative estimate of drug-likeness (QED) is 0.0130. The topological polar surface area (TPSA) is 327 Å². The van der Waals surface area contributed by atoms with Gasteiger partial charge in [-0.1, -0.05) is 19.2 Å². The molecule has 0 saturated carbocycles. The summed E-state index contributed by atoms with van der Waals surface area (Å²) < 4.78 is 54.2. The number of nitrogens with one attached hydrogen (secondary N) is 5. The molecule has 0 rings (SSSR count). The molecule has 0 aliphatic heterocycles. The highest BCUT2D eigenvalue weighted by atomic mass is 32.7. The van der Waals surface area contributed by atoms with E-state index < -0.39 is 42.3 Å². The molecule has 24 nitrogen and oxygen atoms in total. The number of aliphatic hydroxyl groups excluding tert-OH is 1. The van der Waals surface area contributed by atoms with Gasteiger partial charge >= 0.3 is 0 Å². The Hall–Kier alpha value is -2.59. The van der Waals surface area contributed by atoms with Gasteiger partial charge < -0.3 is 79.0 Å². The summed E-state index contributed by atoms with van der Waals surface area (Å²) >= 11 is 3.96. The molecule has 0 saturated heterocycles. The lowest BCUT2D eigenvalue weighted by Crippen LogP contribution is -2.50. The van der Waals surface area contributed by atoms with Crippen LogP contribution in [0.1, 0.15) is 39.0 Å². The van der Waals surface area contributed by atoms with E-state index in [1.54, 1.807) is 6.92 Å². The maximum absolute atomic E-state index is 13.1. The van der Waals surface area contributed by atoms with Crippen molar-refractivity contribution in [2.45, 2.75) is 51.1 Å². The van der Waals surface area contributed by atoms with Crippen LogP contribution in [0, 0.1) is 0 Å². The Balaban J connectivity index is 4.93. The molecule has 61 heavy (non-hydrogen) atoms. The van der Waals surface area contributed by atoms with Gasteiger partial charge in [0.15, 0.2) is 0 Å². The van der Waals surface area contributed by atoms with E-state index in [-0.39, 0.29) is 150 Å². The van der Waals surface area contributed by atoms with E-state index in [9.17, 15) is 28.5 Å². The van der Waals surface area contributed by atoms with Crippen LogP contribution in [0.5, 0.6) is 0 Å². The zero-order chi connectivity index (χ0) is 45.2. The van der Waals surface area contributed by atoms with Gasteiger partial charge in [0.05, 0.1) is 119 Å². The molecule has 0 aromatic heterocycles. The minimum absolute atomic E-state index is 0.0332. The summed E-state index contributed by atoms with van der Waals surface area (Å²) in [4.78, 5) is 73.3. The second-order valence-corrected chi connectivity index (χ2v) is 16.5. The minimum Gasteiger partial charge on any atom is -0.394 e. The zero-order valence-electron chi connectivity index (χ0n) is 35.3. The van der Waals surface area contributed by atoms with Gasteiger partial charge in [-0.2, -0.15) is 0 Å². The maximum Gasteiger partial charge on any atom is 0.254 e. The lowest BCUT2D eigenvalue weighted by Gasteiger charge is -2.21. The molecule has 3 unspecified atom stereocenters. The van der Waals surface area contributed by atoms with E-state index in [0.717, 1.165) is 0 Å². The lowest BCUT2D eigenvalue weighted by molar-refractivity contribution is -0.131. The Morgan fingerprint density at radius 2 is 0.902 bits per heavy atom. The molecule has 0 aromatic carbocycles. The predicted octanol–water partition coefficient (Wildman–Crippen LogP) is -2.70. The highest BCUT2D eigenvalue weighted by Crippen LogP contribution is 2.50. The van der Waals surface area contributed by atoms with Crippen LogP contribution in [0.2, 0.25) is 0 Å². The van der Waals surface area contributed by atoms with E-state index in [2.05, 4.69) is 48.5 Å². The molecule has 358 valence electrons. The fourth-order valence-electron chi connectivity index (χ4n) is 4.55. The van der Waals surface area contributed by atoms with Crippen molar-refractivity contribution in [2.24, 2.45) is 11.8 Å². The van der Waals surface area contributed by atoms with Gasteiger partial charge in [-0.25, -0.2) is 11.8 Å². The number of hydrogen-bond acceptors (Lipinski definition) is 19. The molecule has 0 heterocycles. The Morgan fingerprint density at radius 3 is 1.36 bits per heavy atom. The van der Waals surface area contributed by atoms with E-state index in [0.29, 0.717) is 32.6 Å². The average molecular weight is 924 g/mol. The number of nitrogens with two attached hydrogens (primary N) is 2. The maximum atomic E-state index is 13.1. The van der Waals surface area contributed by atoms with E-state index >= 15 is 0 Å². The van der Waals surface area contributed by atoms with Gasteiger partial charge in [0.2, 0.25) is 29.5 Å². The number of carbonyl (C=O) groups is 5. The number of ether oxygens (including phenoxy) is 7. The first kappa shape index (κ1) is 58.4. The third-order valence-electron chi connectivity index (χ3n) is 7.72. The van der Waals surface area contributed by atoms with Crippen LogP contribution in [0.15, 0.2) is 0 Å². The van der Waals surface area contributed by atoms with Gasteiger partial charge in [0, 0.05) is 45.1 Å². The third-order valence-corrected chi connectivity index (χ3v) is 10.3. The Bertz CT molecular complexity index is 1200. The summed E-state index contributed by atoms with van der Waals surface area (Å²) in [5.41, 5.74) is 0. The Morgan fingerprint density at radius 1 is 0.525 bits per heavy atom. The first-order chi connectivity index (χ1) is 29.5. The first-order valence-corrected chi connectivity index (χ1v) is 23.1. The molecule has 0 radical (unpaired) electrons. The van der Waals surface area contributed by atoms with E-state index in [4.69, 9.17) is 54.6 Å².